The predicted molar refractivity (Wildman–Crippen MR) is 66.7 cm³/mol. The van der Waals surface area contributed by atoms with Crippen molar-refractivity contribution in [1.29, 1.82) is 0 Å². The van der Waals surface area contributed by atoms with Gasteiger partial charge in [0.1, 0.15) is 0 Å². The molecule has 0 saturated heterocycles. The van der Waals surface area contributed by atoms with Crippen LogP contribution in [0.1, 0.15) is 25.1 Å². The molecule has 1 atom stereocenters. The summed E-state index contributed by atoms with van der Waals surface area (Å²) in [5.74, 6) is -1.32. The van der Waals surface area contributed by atoms with Crippen molar-refractivity contribution in [2.45, 2.75) is 19.4 Å². The minimum atomic E-state index is -0.670. The lowest BCUT2D eigenvalue weighted by atomic mass is 10.2. The summed E-state index contributed by atoms with van der Waals surface area (Å²) in [7, 11) is 1.84. The molecular weight excluding hydrogens is 234 g/mol. The number of hydrogen-bond acceptors (Lipinski definition) is 3. The van der Waals surface area contributed by atoms with Gasteiger partial charge in [-0.3, -0.25) is 9.59 Å². The minimum absolute atomic E-state index is 0.252. The molecule has 0 spiro atoms. The monoisotopic (exact) mass is 253 g/mol. The van der Waals surface area contributed by atoms with Crippen LogP contribution in [0.2, 0.25) is 0 Å². The number of carbonyl (C=O) groups excluding carboxylic acids is 2. The highest BCUT2D eigenvalue weighted by Gasteiger charge is 2.14. The van der Waals surface area contributed by atoms with Crippen molar-refractivity contribution in [3.63, 3.8) is 0 Å². The number of aliphatic hydroxyl groups is 1. The third kappa shape index (κ3) is 3.89. The first-order valence-electron chi connectivity index (χ1n) is 5.91. The second-order valence-corrected chi connectivity index (χ2v) is 3.96. The summed E-state index contributed by atoms with van der Waals surface area (Å²) in [5, 5.41) is 14.7. The molecule has 0 aliphatic carbocycles. The molecule has 100 valence electrons. The highest BCUT2D eigenvalue weighted by atomic mass is 16.3. The van der Waals surface area contributed by atoms with Crippen molar-refractivity contribution in [1.82, 2.24) is 15.2 Å². The first-order valence-corrected chi connectivity index (χ1v) is 5.91. The van der Waals surface area contributed by atoms with Crippen molar-refractivity contribution in [2.24, 2.45) is 7.05 Å². The molecule has 1 aromatic rings. The smallest absolute Gasteiger partial charge is 0.309 e. The number of aromatic nitrogens is 1. The number of aryl methyl sites for hydroxylation is 1. The van der Waals surface area contributed by atoms with E-state index < -0.39 is 17.9 Å². The number of carbonyl (C=O) groups is 2. The average molecular weight is 253 g/mol. The molecule has 0 fully saturated rings. The number of amides is 2. The number of aliphatic hydroxyl groups excluding tert-OH is 1. The van der Waals surface area contributed by atoms with Gasteiger partial charge < -0.3 is 20.3 Å². The second-order valence-electron chi connectivity index (χ2n) is 3.96. The molecule has 2 amide bonds. The van der Waals surface area contributed by atoms with Crippen molar-refractivity contribution in [3.05, 3.63) is 24.0 Å². The minimum Gasteiger partial charge on any atom is -0.387 e. The van der Waals surface area contributed by atoms with Crippen LogP contribution in [-0.4, -0.2) is 34.6 Å². The summed E-state index contributed by atoms with van der Waals surface area (Å²) in [6.07, 6.45) is 1.55. The number of nitrogens with zero attached hydrogens (tertiary/aromatic N) is 1. The lowest BCUT2D eigenvalue weighted by molar-refractivity contribution is -0.139. The van der Waals surface area contributed by atoms with E-state index in [4.69, 9.17) is 0 Å². The highest BCUT2D eigenvalue weighted by molar-refractivity contribution is 6.35. The van der Waals surface area contributed by atoms with Gasteiger partial charge in [-0.15, -0.1) is 0 Å². The van der Waals surface area contributed by atoms with Gasteiger partial charge in [-0.05, 0) is 25.5 Å². The topological polar surface area (TPSA) is 83.4 Å². The molecule has 0 saturated carbocycles. The number of rotatable bonds is 5. The van der Waals surface area contributed by atoms with Gasteiger partial charge in [0.2, 0.25) is 0 Å². The van der Waals surface area contributed by atoms with Gasteiger partial charge in [-0.2, -0.15) is 0 Å². The molecule has 6 nitrogen and oxygen atoms in total. The van der Waals surface area contributed by atoms with E-state index in [0.717, 1.165) is 5.69 Å². The van der Waals surface area contributed by atoms with Crippen LogP contribution in [0.25, 0.3) is 0 Å². The molecule has 3 N–H and O–H groups in total. The molecule has 6 heteroatoms. The maximum atomic E-state index is 11.3. The van der Waals surface area contributed by atoms with Crippen LogP contribution in [0.5, 0.6) is 0 Å². The van der Waals surface area contributed by atoms with Crippen LogP contribution in [-0.2, 0) is 16.6 Å². The first-order chi connectivity index (χ1) is 8.56. The van der Waals surface area contributed by atoms with Gasteiger partial charge in [0.05, 0.1) is 6.10 Å². The molecule has 18 heavy (non-hydrogen) atoms. The molecule has 0 aliphatic heterocycles. The Balaban J connectivity index is 2.32. The van der Waals surface area contributed by atoms with Gasteiger partial charge >= 0.3 is 11.8 Å². The Labute approximate surface area is 106 Å². The fourth-order valence-electron chi connectivity index (χ4n) is 1.61. The Morgan fingerprint density at radius 1 is 1.39 bits per heavy atom. The van der Waals surface area contributed by atoms with E-state index in [2.05, 4.69) is 10.6 Å². The van der Waals surface area contributed by atoms with Gasteiger partial charge in [0.15, 0.2) is 0 Å². The normalized spacial score (nSPS) is 11.9. The molecule has 1 heterocycles. The largest absolute Gasteiger partial charge is 0.387 e. The SMILES string of the molecule is CCNC(=O)C(=O)NCCC(O)c1cccn1C. The molecular formula is C12H19N3O3. The molecule has 0 aromatic carbocycles. The summed E-state index contributed by atoms with van der Waals surface area (Å²) in [4.78, 5) is 22.4. The molecule has 1 rings (SSSR count). The summed E-state index contributed by atoms with van der Waals surface area (Å²) >= 11 is 0. The van der Waals surface area contributed by atoms with E-state index >= 15 is 0 Å². The third-order valence-electron chi connectivity index (χ3n) is 2.57. The quantitative estimate of drug-likeness (QED) is 0.630. The number of likely N-dealkylation sites (N-methyl/N-ethyl adjacent to an activating group) is 1. The number of hydrogen-bond donors (Lipinski definition) is 3. The van der Waals surface area contributed by atoms with Crippen LogP contribution in [0.15, 0.2) is 18.3 Å². The van der Waals surface area contributed by atoms with Gasteiger partial charge in [0.25, 0.3) is 0 Å². The molecule has 1 aromatic heterocycles. The van der Waals surface area contributed by atoms with Crippen molar-refractivity contribution in [2.75, 3.05) is 13.1 Å². The van der Waals surface area contributed by atoms with E-state index in [9.17, 15) is 14.7 Å². The zero-order valence-corrected chi connectivity index (χ0v) is 10.6. The Hall–Kier alpha value is -1.82. The van der Waals surface area contributed by atoms with Crippen molar-refractivity contribution >= 4 is 11.8 Å². The molecule has 1 unspecified atom stereocenters. The summed E-state index contributed by atoms with van der Waals surface area (Å²) in [6, 6.07) is 3.65. The molecule has 0 bridgehead atoms. The lowest BCUT2D eigenvalue weighted by Gasteiger charge is -2.12. The van der Waals surface area contributed by atoms with Crippen molar-refractivity contribution < 1.29 is 14.7 Å². The van der Waals surface area contributed by atoms with Crippen LogP contribution in [0.4, 0.5) is 0 Å². The Morgan fingerprint density at radius 2 is 2.06 bits per heavy atom. The summed E-state index contributed by atoms with van der Waals surface area (Å²) in [6.45, 7) is 2.41. The predicted octanol–water partition coefficient (Wildman–Crippen LogP) is -0.299. The van der Waals surface area contributed by atoms with E-state index in [0.29, 0.717) is 13.0 Å². The summed E-state index contributed by atoms with van der Waals surface area (Å²) < 4.78 is 1.82. The third-order valence-corrected chi connectivity index (χ3v) is 2.57. The first kappa shape index (κ1) is 14.2. The maximum absolute atomic E-state index is 11.3. The fraction of sp³-hybridized carbons (Fsp3) is 0.500. The van der Waals surface area contributed by atoms with Crippen LogP contribution in [0, 0.1) is 0 Å². The van der Waals surface area contributed by atoms with Gasteiger partial charge in [0, 0.05) is 32.0 Å². The van der Waals surface area contributed by atoms with E-state index in [-0.39, 0.29) is 6.54 Å². The van der Waals surface area contributed by atoms with Crippen LogP contribution >= 0.6 is 0 Å². The van der Waals surface area contributed by atoms with E-state index in [1.165, 1.54) is 0 Å². The standard InChI is InChI=1S/C12H19N3O3/c1-3-13-11(17)12(18)14-7-6-10(16)9-5-4-8-15(9)2/h4-5,8,10,16H,3,6-7H2,1-2H3,(H,13,17)(H,14,18). The lowest BCUT2D eigenvalue weighted by Crippen LogP contribution is -2.40. The summed E-state index contributed by atoms with van der Waals surface area (Å²) in [5.41, 5.74) is 0.780. The van der Waals surface area contributed by atoms with Crippen molar-refractivity contribution in [3.8, 4) is 0 Å². The molecule has 0 radical (unpaired) electrons. The second kappa shape index (κ2) is 6.80. The Morgan fingerprint density at radius 3 is 2.61 bits per heavy atom. The number of nitrogens with one attached hydrogen (secondary N) is 2. The zero-order chi connectivity index (χ0) is 13.5. The van der Waals surface area contributed by atoms with Gasteiger partial charge in [-0.1, -0.05) is 0 Å². The zero-order valence-electron chi connectivity index (χ0n) is 10.6. The van der Waals surface area contributed by atoms with E-state index in [1.807, 2.05) is 29.9 Å². The average Bonchev–Trinajstić information content (AvgIpc) is 2.75. The van der Waals surface area contributed by atoms with Gasteiger partial charge in [-0.25, -0.2) is 0 Å². The van der Waals surface area contributed by atoms with E-state index in [1.54, 1.807) is 6.92 Å². The molecule has 0 aliphatic rings. The Kier molecular flexibility index (Phi) is 5.38. The Bertz CT molecular complexity index is 414. The fourth-order valence-corrected chi connectivity index (χ4v) is 1.61. The van der Waals surface area contributed by atoms with Crippen LogP contribution in [0.3, 0.4) is 0 Å². The van der Waals surface area contributed by atoms with Crippen LogP contribution < -0.4 is 10.6 Å². The maximum Gasteiger partial charge on any atom is 0.309 e. The highest BCUT2D eigenvalue weighted by Crippen LogP contribution is 2.15.